The molecule has 0 spiro atoms. The maximum absolute atomic E-state index is 6.06. The van der Waals surface area contributed by atoms with E-state index in [1.165, 1.54) is 19.3 Å². The lowest BCUT2D eigenvalue weighted by molar-refractivity contribution is 0.122. The number of ether oxygens (including phenoxy) is 1. The largest absolute Gasteiger partial charge is 0.474 e. The lowest BCUT2D eigenvalue weighted by Crippen LogP contribution is -2.25. The fourth-order valence-corrected chi connectivity index (χ4v) is 2.50. The molecule has 1 heterocycles. The van der Waals surface area contributed by atoms with Crippen molar-refractivity contribution in [3.63, 3.8) is 0 Å². The Labute approximate surface area is 104 Å². The monoisotopic (exact) mass is 234 g/mol. The van der Waals surface area contributed by atoms with Gasteiger partial charge in [0.1, 0.15) is 6.10 Å². The van der Waals surface area contributed by atoms with Gasteiger partial charge in [0.15, 0.2) is 0 Å². The molecule has 2 rings (SSSR count). The molecule has 94 valence electrons. The van der Waals surface area contributed by atoms with E-state index < -0.39 is 0 Å². The Kier molecular flexibility index (Phi) is 4.37. The quantitative estimate of drug-likeness (QED) is 0.870. The van der Waals surface area contributed by atoms with E-state index in [-0.39, 0.29) is 0 Å². The van der Waals surface area contributed by atoms with Gasteiger partial charge in [-0.15, -0.1) is 0 Å². The molecule has 2 unspecified atom stereocenters. The first-order chi connectivity index (χ1) is 8.29. The molecule has 17 heavy (non-hydrogen) atoms. The fraction of sp³-hybridized carbons (Fsp3) is 0.643. The van der Waals surface area contributed by atoms with Gasteiger partial charge >= 0.3 is 0 Å². The highest BCUT2D eigenvalue weighted by Crippen LogP contribution is 2.27. The smallest absolute Gasteiger partial charge is 0.218 e. The molecule has 1 N–H and O–H groups in total. The van der Waals surface area contributed by atoms with Gasteiger partial charge in [0.05, 0.1) is 0 Å². The minimum Gasteiger partial charge on any atom is -0.474 e. The molecular formula is C14H22N2O. The summed E-state index contributed by atoms with van der Waals surface area (Å²) in [6.45, 7) is 3.12. The Hall–Kier alpha value is -1.09. The molecule has 0 aliphatic heterocycles. The number of nitrogens with one attached hydrogen (secondary N) is 1. The van der Waals surface area contributed by atoms with Crippen LogP contribution in [0, 0.1) is 5.92 Å². The molecule has 1 aliphatic rings. The van der Waals surface area contributed by atoms with Crippen LogP contribution in [0.3, 0.4) is 0 Å². The molecule has 2 atom stereocenters. The van der Waals surface area contributed by atoms with Crippen LogP contribution in [0.25, 0.3) is 0 Å². The number of aromatic nitrogens is 1. The van der Waals surface area contributed by atoms with Crippen LogP contribution in [0.15, 0.2) is 18.3 Å². The predicted octanol–water partition coefficient (Wildman–Crippen LogP) is 2.76. The third-order valence-corrected chi connectivity index (χ3v) is 3.38. The van der Waals surface area contributed by atoms with E-state index in [1.807, 2.05) is 13.1 Å². The van der Waals surface area contributed by atoms with Crippen LogP contribution in [-0.4, -0.2) is 18.1 Å². The average molecular weight is 234 g/mol. The minimum absolute atomic E-state index is 0.351. The minimum atomic E-state index is 0.351. The highest BCUT2D eigenvalue weighted by Gasteiger charge is 2.21. The van der Waals surface area contributed by atoms with Crippen molar-refractivity contribution >= 4 is 0 Å². The zero-order chi connectivity index (χ0) is 12.1. The summed E-state index contributed by atoms with van der Waals surface area (Å²) in [5.74, 6) is 1.59. The lowest BCUT2D eigenvalue weighted by Gasteiger charge is -2.27. The van der Waals surface area contributed by atoms with Gasteiger partial charge in [-0.25, -0.2) is 4.98 Å². The van der Waals surface area contributed by atoms with Gasteiger partial charge in [0.25, 0.3) is 0 Å². The summed E-state index contributed by atoms with van der Waals surface area (Å²) < 4.78 is 6.06. The van der Waals surface area contributed by atoms with E-state index in [2.05, 4.69) is 23.3 Å². The third kappa shape index (κ3) is 3.43. The number of hydrogen-bond donors (Lipinski definition) is 1. The molecule has 0 bridgehead atoms. The Bertz CT molecular complexity index is 354. The summed E-state index contributed by atoms with van der Waals surface area (Å²) in [6.07, 6.45) is 7.10. The third-order valence-electron chi connectivity index (χ3n) is 3.38. The van der Waals surface area contributed by atoms with Crippen molar-refractivity contribution in [3.05, 3.63) is 23.9 Å². The van der Waals surface area contributed by atoms with Gasteiger partial charge in [-0.2, -0.15) is 0 Å². The summed E-state index contributed by atoms with van der Waals surface area (Å²) in [5.41, 5.74) is 1.15. The first-order valence-electron chi connectivity index (χ1n) is 6.54. The molecule has 0 saturated heterocycles. The predicted molar refractivity (Wildman–Crippen MR) is 69.0 cm³/mol. The topological polar surface area (TPSA) is 34.2 Å². The van der Waals surface area contributed by atoms with Crippen molar-refractivity contribution in [2.24, 2.45) is 5.92 Å². The van der Waals surface area contributed by atoms with Gasteiger partial charge in [-0.1, -0.05) is 19.4 Å². The highest BCUT2D eigenvalue weighted by atomic mass is 16.5. The van der Waals surface area contributed by atoms with Crippen LogP contribution in [0.4, 0.5) is 0 Å². The van der Waals surface area contributed by atoms with Crippen molar-refractivity contribution < 1.29 is 4.74 Å². The second kappa shape index (κ2) is 6.01. The molecule has 1 aromatic rings. The Morgan fingerprint density at radius 2 is 2.35 bits per heavy atom. The van der Waals surface area contributed by atoms with Gasteiger partial charge < -0.3 is 10.1 Å². The van der Waals surface area contributed by atoms with Crippen molar-refractivity contribution in [1.29, 1.82) is 0 Å². The molecule has 0 aromatic carbocycles. The zero-order valence-electron chi connectivity index (χ0n) is 10.8. The second-order valence-electron chi connectivity index (χ2n) is 5.01. The van der Waals surface area contributed by atoms with Crippen molar-refractivity contribution in [1.82, 2.24) is 10.3 Å². The average Bonchev–Trinajstić information content (AvgIpc) is 2.32. The van der Waals surface area contributed by atoms with Gasteiger partial charge in [-0.3, -0.25) is 0 Å². The van der Waals surface area contributed by atoms with Crippen LogP contribution in [0.1, 0.15) is 38.2 Å². The Morgan fingerprint density at radius 3 is 3.12 bits per heavy atom. The van der Waals surface area contributed by atoms with Crippen molar-refractivity contribution in [2.45, 2.75) is 45.3 Å². The maximum Gasteiger partial charge on any atom is 0.218 e. The molecule has 3 nitrogen and oxygen atoms in total. The summed E-state index contributed by atoms with van der Waals surface area (Å²) in [4.78, 5) is 4.35. The normalized spacial score (nSPS) is 24.6. The SMILES string of the molecule is CNCc1cccnc1OC1CCCC(C)C1. The molecule has 1 aromatic heterocycles. The summed E-state index contributed by atoms with van der Waals surface area (Å²) in [6, 6.07) is 4.04. The first kappa shape index (κ1) is 12.4. The standard InChI is InChI=1S/C14H22N2O/c1-11-5-3-7-13(9-11)17-14-12(10-15-2)6-4-8-16-14/h4,6,8,11,13,15H,3,5,7,9-10H2,1-2H3. The zero-order valence-corrected chi connectivity index (χ0v) is 10.8. The van der Waals surface area contributed by atoms with E-state index >= 15 is 0 Å². The van der Waals surface area contributed by atoms with Crippen LogP contribution >= 0.6 is 0 Å². The summed E-state index contributed by atoms with van der Waals surface area (Å²) in [7, 11) is 1.94. The van der Waals surface area contributed by atoms with E-state index in [9.17, 15) is 0 Å². The fourth-order valence-electron chi connectivity index (χ4n) is 2.50. The molecule has 0 amide bonds. The van der Waals surface area contributed by atoms with Crippen LogP contribution in [-0.2, 0) is 6.54 Å². The molecule has 1 saturated carbocycles. The molecule has 1 fully saturated rings. The maximum atomic E-state index is 6.06. The van der Waals surface area contributed by atoms with Gasteiger partial charge in [0, 0.05) is 18.3 Å². The number of rotatable bonds is 4. The Balaban J connectivity index is 2.01. The number of hydrogen-bond acceptors (Lipinski definition) is 3. The van der Waals surface area contributed by atoms with E-state index in [1.54, 1.807) is 6.20 Å². The van der Waals surface area contributed by atoms with Crippen molar-refractivity contribution in [3.8, 4) is 5.88 Å². The van der Waals surface area contributed by atoms with Crippen LogP contribution in [0.5, 0.6) is 5.88 Å². The second-order valence-corrected chi connectivity index (χ2v) is 5.01. The number of pyridine rings is 1. The molecule has 1 aliphatic carbocycles. The van der Waals surface area contributed by atoms with Gasteiger partial charge in [0.2, 0.25) is 5.88 Å². The lowest BCUT2D eigenvalue weighted by atomic mass is 9.89. The van der Waals surface area contributed by atoms with Crippen LogP contribution < -0.4 is 10.1 Å². The van der Waals surface area contributed by atoms with Gasteiger partial charge in [-0.05, 0) is 38.3 Å². The summed E-state index contributed by atoms with van der Waals surface area (Å²) >= 11 is 0. The van der Waals surface area contributed by atoms with Crippen molar-refractivity contribution in [2.75, 3.05) is 7.05 Å². The highest BCUT2D eigenvalue weighted by molar-refractivity contribution is 5.25. The summed E-state index contributed by atoms with van der Waals surface area (Å²) in [5, 5.41) is 3.15. The van der Waals surface area contributed by atoms with E-state index in [4.69, 9.17) is 4.74 Å². The number of nitrogens with zero attached hydrogens (tertiary/aromatic N) is 1. The molecule has 0 radical (unpaired) electrons. The van der Waals surface area contributed by atoms with E-state index in [0.717, 1.165) is 30.3 Å². The van der Waals surface area contributed by atoms with Crippen LogP contribution in [0.2, 0.25) is 0 Å². The molecule has 3 heteroatoms. The first-order valence-corrected chi connectivity index (χ1v) is 6.54. The Morgan fingerprint density at radius 1 is 1.47 bits per heavy atom. The van der Waals surface area contributed by atoms with E-state index in [0.29, 0.717) is 6.10 Å². The molecular weight excluding hydrogens is 212 g/mol.